The Morgan fingerprint density at radius 2 is 2.00 bits per heavy atom. The summed E-state index contributed by atoms with van der Waals surface area (Å²) in [5, 5.41) is 9.47. The number of amides is 1. The molecule has 0 spiro atoms. The van der Waals surface area contributed by atoms with E-state index in [9.17, 15) is 14.7 Å². The number of ether oxygens (including phenoxy) is 1. The number of nitrogens with zero attached hydrogens (tertiary/aromatic N) is 2. The van der Waals surface area contributed by atoms with E-state index in [1.807, 2.05) is 26.0 Å². The van der Waals surface area contributed by atoms with Crippen LogP contribution in [0.25, 0.3) is 0 Å². The number of carbonyl (C=O) groups excluding carboxylic acids is 1. The number of hydrogen-bond donors (Lipinski definition) is 1. The average molecular weight is 320 g/mol. The predicted octanol–water partition coefficient (Wildman–Crippen LogP) is 3.24. The van der Waals surface area contributed by atoms with Crippen molar-refractivity contribution in [2.45, 2.75) is 39.5 Å². The van der Waals surface area contributed by atoms with Gasteiger partial charge in [0.15, 0.2) is 0 Å². The summed E-state index contributed by atoms with van der Waals surface area (Å²) in [5.41, 5.74) is 0.791. The Kier molecular flexibility index (Phi) is 5.96. The van der Waals surface area contributed by atoms with E-state index in [4.69, 9.17) is 4.74 Å². The van der Waals surface area contributed by atoms with E-state index in [0.717, 1.165) is 31.4 Å². The first-order valence-corrected chi connectivity index (χ1v) is 8.12. The van der Waals surface area contributed by atoms with Crippen LogP contribution in [-0.4, -0.2) is 35.3 Å². The molecule has 1 amide bonds. The van der Waals surface area contributed by atoms with Gasteiger partial charge in [-0.2, -0.15) is 0 Å². The summed E-state index contributed by atoms with van der Waals surface area (Å²) in [6.07, 6.45) is 2.20. The Morgan fingerprint density at radius 1 is 1.30 bits per heavy atom. The molecule has 1 aliphatic carbocycles. The first kappa shape index (κ1) is 17.2. The molecule has 0 saturated heterocycles. The molecular formula is C17H24N2O4. The first-order chi connectivity index (χ1) is 11.0. The van der Waals surface area contributed by atoms with E-state index in [2.05, 4.69) is 4.98 Å². The van der Waals surface area contributed by atoms with E-state index >= 15 is 0 Å². The van der Waals surface area contributed by atoms with E-state index in [1.54, 1.807) is 6.07 Å². The molecule has 0 aliphatic heterocycles. The summed E-state index contributed by atoms with van der Waals surface area (Å²) in [7, 11) is 0. The van der Waals surface area contributed by atoms with E-state index in [-0.39, 0.29) is 17.8 Å². The lowest BCUT2D eigenvalue weighted by molar-refractivity contribution is -0.149. The Balaban J connectivity index is 1.95. The number of carboxylic acid groups (broad SMARTS) is 1. The molecule has 126 valence electrons. The fourth-order valence-corrected chi connectivity index (χ4v) is 3.05. The van der Waals surface area contributed by atoms with E-state index in [0.29, 0.717) is 19.0 Å². The Hall–Kier alpha value is -2.11. The first-order valence-electron chi connectivity index (χ1n) is 8.12. The third kappa shape index (κ3) is 4.68. The van der Waals surface area contributed by atoms with Crippen molar-refractivity contribution in [3.8, 4) is 0 Å². The Labute approximate surface area is 136 Å². The molecule has 0 bridgehead atoms. The molecule has 0 radical (unpaired) electrons. The van der Waals surface area contributed by atoms with Crippen molar-refractivity contribution in [3.05, 3.63) is 23.9 Å². The second-order valence-electron chi connectivity index (χ2n) is 6.00. The van der Waals surface area contributed by atoms with Crippen LogP contribution in [0.15, 0.2) is 18.2 Å². The third-order valence-corrected chi connectivity index (χ3v) is 4.29. The largest absolute Gasteiger partial charge is 0.466 e. The van der Waals surface area contributed by atoms with Gasteiger partial charge in [0.05, 0.1) is 12.5 Å². The highest BCUT2D eigenvalue weighted by Gasteiger charge is 2.29. The predicted molar refractivity (Wildman–Crippen MR) is 86.4 cm³/mol. The molecule has 1 N–H and O–H groups in total. The fourth-order valence-electron chi connectivity index (χ4n) is 3.05. The zero-order chi connectivity index (χ0) is 16.8. The zero-order valence-corrected chi connectivity index (χ0v) is 13.7. The van der Waals surface area contributed by atoms with Gasteiger partial charge in [-0.15, -0.1) is 0 Å². The summed E-state index contributed by atoms with van der Waals surface area (Å²) in [5.74, 6) is 0.548. The SMILES string of the molecule is CCOC(=O)C1CCC(CN(C(=O)O)c2cccc(C)n2)CC1. The second-order valence-corrected chi connectivity index (χ2v) is 6.00. The van der Waals surface area contributed by atoms with Crippen LogP contribution in [0, 0.1) is 18.8 Å². The van der Waals surface area contributed by atoms with E-state index in [1.165, 1.54) is 4.90 Å². The Bertz CT molecular complexity index is 553. The number of aryl methyl sites for hydroxylation is 1. The number of esters is 1. The van der Waals surface area contributed by atoms with Gasteiger partial charge in [-0.3, -0.25) is 9.69 Å². The molecule has 0 unspecified atom stereocenters. The molecule has 1 heterocycles. The van der Waals surface area contributed by atoms with Crippen molar-refractivity contribution in [3.63, 3.8) is 0 Å². The highest BCUT2D eigenvalue weighted by Crippen LogP contribution is 2.31. The highest BCUT2D eigenvalue weighted by atomic mass is 16.5. The quantitative estimate of drug-likeness (QED) is 0.842. The van der Waals surface area contributed by atoms with Gasteiger partial charge in [0.1, 0.15) is 5.82 Å². The fraction of sp³-hybridized carbons (Fsp3) is 0.588. The molecule has 0 aromatic carbocycles. The molecular weight excluding hydrogens is 296 g/mol. The summed E-state index contributed by atoms with van der Waals surface area (Å²) < 4.78 is 5.06. The second kappa shape index (κ2) is 7.94. The highest BCUT2D eigenvalue weighted by molar-refractivity contribution is 5.84. The maximum atomic E-state index is 11.8. The number of hydrogen-bond acceptors (Lipinski definition) is 4. The van der Waals surface area contributed by atoms with Crippen LogP contribution in [0.1, 0.15) is 38.3 Å². The normalized spacial score (nSPS) is 20.8. The van der Waals surface area contributed by atoms with Crippen molar-refractivity contribution in [1.82, 2.24) is 4.98 Å². The van der Waals surface area contributed by atoms with Crippen molar-refractivity contribution in [1.29, 1.82) is 0 Å². The van der Waals surface area contributed by atoms with Crippen LogP contribution in [0.4, 0.5) is 10.6 Å². The molecule has 0 atom stereocenters. The minimum atomic E-state index is -0.990. The molecule has 1 fully saturated rings. The zero-order valence-electron chi connectivity index (χ0n) is 13.7. The van der Waals surface area contributed by atoms with Gasteiger partial charge < -0.3 is 9.84 Å². The van der Waals surface area contributed by atoms with Gasteiger partial charge in [0.2, 0.25) is 0 Å². The van der Waals surface area contributed by atoms with Crippen LogP contribution >= 0.6 is 0 Å². The standard InChI is InChI=1S/C17H24N2O4/c1-3-23-16(20)14-9-7-13(8-10-14)11-19(17(21)22)15-6-4-5-12(2)18-15/h4-6,13-14H,3,7-11H2,1-2H3,(H,21,22). The lowest BCUT2D eigenvalue weighted by Crippen LogP contribution is -2.37. The minimum Gasteiger partial charge on any atom is -0.466 e. The molecule has 23 heavy (non-hydrogen) atoms. The van der Waals surface area contributed by atoms with Crippen LogP contribution in [-0.2, 0) is 9.53 Å². The summed E-state index contributed by atoms with van der Waals surface area (Å²) in [4.78, 5) is 28.9. The molecule has 2 rings (SSSR count). The summed E-state index contributed by atoms with van der Waals surface area (Å²) >= 11 is 0. The average Bonchev–Trinajstić information content (AvgIpc) is 2.53. The summed E-state index contributed by atoms with van der Waals surface area (Å²) in [6.45, 7) is 4.48. The van der Waals surface area contributed by atoms with Gasteiger partial charge in [0, 0.05) is 12.2 Å². The molecule has 1 aliphatic rings. The lowest BCUT2D eigenvalue weighted by atomic mass is 9.82. The lowest BCUT2D eigenvalue weighted by Gasteiger charge is -2.30. The van der Waals surface area contributed by atoms with Crippen LogP contribution in [0.3, 0.4) is 0 Å². The van der Waals surface area contributed by atoms with Gasteiger partial charge in [-0.25, -0.2) is 9.78 Å². The molecule has 1 saturated carbocycles. The minimum absolute atomic E-state index is 0.0402. The van der Waals surface area contributed by atoms with Gasteiger partial charge in [-0.1, -0.05) is 6.07 Å². The van der Waals surface area contributed by atoms with E-state index < -0.39 is 6.09 Å². The monoisotopic (exact) mass is 320 g/mol. The molecule has 1 aromatic heterocycles. The number of rotatable bonds is 5. The van der Waals surface area contributed by atoms with Crippen molar-refractivity contribution < 1.29 is 19.4 Å². The third-order valence-electron chi connectivity index (χ3n) is 4.29. The van der Waals surface area contributed by atoms with Gasteiger partial charge in [0.25, 0.3) is 0 Å². The van der Waals surface area contributed by atoms with Gasteiger partial charge >= 0.3 is 12.1 Å². The maximum Gasteiger partial charge on any atom is 0.413 e. The van der Waals surface area contributed by atoms with Crippen LogP contribution in [0.2, 0.25) is 0 Å². The molecule has 6 heteroatoms. The summed E-state index contributed by atoms with van der Waals surface area (Å²) in [6, 6.07) is 5.37. The maximum absolute atomic E-state index is 11.8. The van der Waals surface area contributed by atoms with Crippen molar-refractivity contribution in [2.75, 3.05) is 18.1 Å². The molecule has 6 nitrogen and oxygen atoms in total. The van der Waals surface area contributed by atoms with Crippen LogP contribution < -0.4 is 4.90 Å². The van der Waals surface area contributed by atoms with Crippen molar-refractivity contribution >= 4 is 17.9 Å². The topological polar surface area (TPSA) is 79.7 Å². The van der Waals surface area contributed by atoms with Crippen LogP contribution in [0.5, 0.6) is 0 Å². The van der Waals surface area contributed by atoms with Crippen molar-refractivity contribution in [2.24, 2.45) is 11.8 Å². The number of pyridine rings is 1. The smallest absolute Gasteiger partial charge is 0.413 e. The molecule has 1 aromatic rings. The number of aromatic nitrogens is 1. The number of anilines is 1. The number of carbonyl (C=O) groups is 2. The van der Waals surface area contributed by atoms with Gasteiger partial charge in [-0.05, 0) is 57.6 Å². The Morgan fingerprint density at radius 3 is 2.57 bits per heavy atom.